The lowest BCUT2D eigenvalue weighted by atomic mass is 10.1. The molecular weight excluding hydrogens is 284 g/mol. The first kappa shape index (κ1) is 14.8. The van der Waals surface area contributed by atoms with Gasteiger partial charge in [-0.3, -0.25) is 9.89 Å². The molecule has 0 aromatic carbocycles. The largest absolute Gasteiger partial charge is 0.377 e. The molecule has 118 valence electrons. The van der Waals surface area contributed by atoms with E-state index in [0.717, 1.165) is 17.0 Å². The first-order chi connectivity index (χ1) is 10.6. The van der Waals surface area contributed by atoms with Gasteiger partial charge in [-0.25, -0.2) is 0 Å². The van der Waals surface area contributed by atoms with Crippen molar-refractivity contribution in [3.8, 4) is 0 Å². The zero-order chi connectivity index (χ0) is 15.7. The number of ether oxygens (including phenoxy) is 1. The summed E-state index contributed by atoms with van der Waals surface area (Å²) in [6.45, 7) is 7.46. The molecular formula is C15H20N4O3. The number of amides is 1. The van der Waals surface area contributed by atoms with Crippen LogP contribution in [0, 0.1) is 6.92 Å². The lowest BCUT2D eigenvalue weighted by Crippen LogP contribution is -2.43. The van der Waals surface area contributed by atoms with Crippen LogP contribution in [0.5, 0.6) is 0 Å². The van der Waals surface area contributed by atoms with Crippen LogP contribution in [0.1, 0.15) is 53.3 Å². The van der Waals surface area contributed by atoms with Crippen LogP contribution >= 0.6 is 0 Å². The highest BCUT2D eigenvalue weighted by Crippen LogP contribution is 2.27. The van der Waals surface area contributed by atoms with E-state index in [-0.39, 0.29) is 23.6 Å². The minimum absolute atomic E-state index is 0.165. The fourth-order valence-electron chi connectivity index (χ4n) is 2.58. The molecule has 1 N–H and O–H groups in total. The summed E-state index contributed by atoms with van der Waals surface area (Å²) in [7, 11) is 0. The average molecular weight is 304 g/mol. The Kier molecular flexibility index (Phi) is 3.98. The molecule has 1 amide bonds. The van der Waals surface area contributed by atoms with E-state index in [1.165, 1.54) is 0 Å². The first-order valence-electron chi connectivity index (χ1n) is 7.43. The van der Waals surface area contributed by atoms with Gasteiger partial charge in [-0.05, 0) is 18.4 Å². The van der Waals surface area contributed by atoms with E-state index in [1.807, 2.05) is 20.8 Å². The molecule has 0 radical (unpaired) electrons. The average Bonchev–Trinajstić information content (AvgIpc) is 3.15. The third-order valence-corrected chi connectivity index (χ3v) is 3.92. The highest BCUT2D eigenvalue weighted by Gasteiger charge is 2.33. The predicted octanol–water partition coefficient (Wildman–Crippen LogP) is 2.04. The number of H-pyrrole nitrogens is 1. The Hall–Kier alpha value is -2.15. The molecule has 0 bridgehead atoms. The summed E-state index contributed by atoms with van der Waals surface area (Å²) >= 11 is 0. The summed E-state index contributed by atoms with van der Waals surface area (Å²) < 4.78 is 10.8. The molecule has 1 aliphatic heterocycles. The van der Waals surface area contributed by atoms with Crippen molar-refractivity contribution in [1.82, 2.24) is 20.3 Å². The topological polar surface area (TPSA) is 84.2 Å². The Bertz CT molecular complexity index is 661. The molecule has 0 spiro atoms. The number of carbonyl (C=O) groups is 1. The molecule has 1 aliphatic rings. The van der Waals surface area contributed by atoms with Gasteiger partial charge in [0.2, 0.25) is 5.76 Å². The van der Waals surface area contributed by atoms with Crippen molar-refractivity contribution in [2.24, 2.45) is 0 Å². The fraction of sp³-hybridized carbons (Fsp3) is 0.533. The number of aromatic nitrogens is 3. The van der Waals surface area contributed by atoms with Crippen LogP contribution in [0.15, 0.2) is 16.8 Å². The number of hydrogen-bond acceptors (Lipinski definition) is 5. The van der Waals surface area contributed by atoms with E-state index in [0.29, 0.717) is 19.8 Å². The molecule has 2 aromatic heterocycles. The van der Waals surface area contributed by atoms with Gasteiger partial charge in [-0.2, -0.15) is 5.10 Å². The standard InChI is InChI=1S/C15H20N4O3/c1-9(2)11-6-13(22-18-11)15(20)19-4-5-21-8-12(19)14-10(3)7-16-17-14/h6-7,9,12H,4-5,8H2,1-3H3,(H,16,17)/t12-/m1/s1. The monoisotopic (exact) mass is 304 g/mol. The molecule has 3 heterocycles. The summed E-state index contributed by atoms with van der Waals surface area (Å²) in [4.78, 5) is 14.5. The Morgan fingerprint density at radius 3 is 2.95 bits per heavy atom. The van der Waals surface area contributed by atoms with Crippen LogP contribution < -0.4 is 0 Å². The zero-order valence-corrected chi connectivity index (χ0v) is 13.0. The van der Waals surface area contributed by atoms with Crippen LogP contribution in [0.25, 0.3) is 0 Å². The highest BCUT2D eigenvalue weighted by molar-refractivity contribution is 5.91. The van der Waals surface area contributed by atoms with Crippen LogP contribution in [0.4, 0.5) is 0 Å². The normalized spacial score (nSPS) is 18.9. The van der Waals surface area contributed by atoms with Crippen molar-refractivity contribution in [1.29, 1.82) is 0 Å². The van der Waals surface area contributed by atoms with E-state index in [4.69, 9.17) is 9.26 Å². The maximum absolute atomic E-state index is 12.8. The van der Waals surface area contributed by atoms with Gasteiger partial charge >= 0.3 is 0 Å². The fourth-order valence-corrected chi connectivity index (χ4v) is 2.58. The highest BCUT2D eigenvalue weighted by atomic mass is 16.5. The molecule has 2 aromatic rings. The molecule has 1 fully saturated rings. The Labute approximate surface area is 128 Å². The van der Waals surface area contributed by atoms with Crippen molar-refractivity contribution in [2.75, 3.05) is 19.8 Å². The van der Waals surface area contributed by atoms with Gasteiger partial charge in [-0.1, -0.05) is 19.0 Å². The quantitative estimate of drug-likeness (QED) is 0.938. The number of carbonyl (C=O) groups excluding carboxylic acids is 1. The van der Waals surface area contributed by atoms with Gasteiger partial charge in [0.15, 0.2) is 0 Å². The maximum atomic E-state index is 12.8. The van der Waals surface area contributed by atoms with Crippen molar-refractivity contribution < 1.29 is 14.1 Å². The predicted molar refractivity (Wildman–Crippen MR) is 78.5 cm³/mol. The second kappa shape index (κ2) is 5.92. The molecule has 22 heavy (non-hydrogen) atoms. The van der Waals surface area contributed by atoms with E-state index in [9.17, 15) is 4.79 Å². The Morgan fingerprint density at radius 1 is 1.50 bits per heavy atom. The van der Waals surface area contributed by atoms with E-state index >= 15 is 0 Å². The Morgan fingerprint density at radius 2 is 2.32 bits per heavy atom. The molecule has 3 rings (SSSR count). The summed E-state index contributed by atoms with van der Waals surface area (Å²) in [5, 5.41) is 11.0. The second-order valence-electron chi connectivity index (χ2n) is 5.83. The van der Waals surface area contributed by atoms with Crippen molar-refractivity contribution in [3.63, 3.8) is 0 Å². The van der Waals surface area contributed by atoms with Gasteiger partial charge in [0, 0.05) is 12.6 Å². The minimum atomic E-state index is -0.184. The van der Waals surface area contributed by atoms with Gasteiger partial charge < -0.3 is 14.2 Å². The summed E-state index contributed by atoms with van der Waals surface area (Å²) in [6.07, 6.45) is 1.75. The summed E-state index contributed by atoms with van der Waals surface area (Å²) in [6, 6.07) is 1.54. The number of nitrogens with one attached hydrogen (secondary N) is 1. The van der Waals surface area contributed by atoms with Crippen molar-refractivity contribution in [2.45, 2.75) is 32.7 Å². The Balaban J connectivity index is 1.86. The zero-order valence-electron chi connectivity index (χ0n) is 13.0. The number of aryl methyl sites for hydroxylation is 1. The molecule has 1 saturated heterocycles. The lowest BCUT2D eigenvalue weighted by Gasteiger charge is -2.34. The van der Waals surface area contributed by atoms with Crippen molar-refractivity contribution >= 4 is 5.91 Å². The molecule has 0 aliphatic carbocycles. The first-order valence-corrected chi connectivity index (χ1v) is 7.43. The van der Waals surface area contributed by atoms with E-state index in [2.05, 4.69) is 15.4 Å². The molecule has 0 unspecified atom stereocenters. The minimum Gasteiger partial charge on any atom is -0.377 e. The number of aromatic amines is 1. The van der Waals surface area contributed by atoms with Crippen LogP contribution in [0.2, 0.25) is 0 Å². The molecule has 1 atom stereocenters. The van der Waals surface area contributed by atoms with Gasteiger partial charge in [0.25, 0.3) is 5.91 Å². The van der Waals surface area contributed by atoms with E-state index < -0.39 is 0 Å². The third kappa shape index (κ3) is 2.64. The third-order valence-electron chi connectivity index (χ3n) is 3.92. The van der Waals surface area contributed by atoms with Crippen LogP contribution in [-0.2, 0) is 4.74 Å². The number of morpholine rings is 1. The second-order valence-corrected chi connectivity index (χ2v) is 5.83. The number of nitrogens with zero attached hydrogens (tertiary/aromatic N) is 3. The molecule has 0 saturated carbocycles. The van der Waals surface area contributed by atoms with Gasteiger partial charge in [0.1, 0.15) is 0 Å². The molecule has 7 heteroatoms. The van der Waals surface area contributed by atoms with Crippen LogP contribution in [0.3, 0.4) is 0 Å². The smallest absolute Gasteiger partial charge is 0.293 e. The van der Waals surface area contributed by atoms with Gasteiger partial charge in [0.05, 0.1) is 36.8 Å². The lowest BCUT2D eigenvalue weighted by molar-refractivity contribution is -0.00600. The maximum Gasteiger partial charge on any atom is 0.293 e. The van der Waals surface area contributed by atoms with Crippen LogP contribution in [-0.4, -0.2) is 45.9 Å². The SMILES string of the molecule is Cc1cn[nH]c1[C@H]1COCCN1C(=O)c1cc(C(C)C)no1. The van der Waals surface area contributed by atoms with E-state index in [1.54, 1.807) is 17.2 Å². The number of hydrogen-bond donors (Lipinski definition) is 1. The summed E-state index contributed by atoms with van der Waals surface area (Å²) in [5.74, 6) is 0.329. The summed E-state index contributed by atoms with van der Waals surface area (Å²) in [5.41, 5.74) is 2.69. The van der Waals surface area contributed by atoms with Crippen molar-refractivity contribution in [3.05, 3.63) is 35.0 Å². The molecule has 7 nitrogen and oxygen atoms in total. The van der Waals surface area contributed by atoms with Gasteiger partial charge in [-0.15, -0.1) is 0 Å². The number of rotatable bonds is 3.